The van der Waals surface area contributed by atoms with Crippen LogP contribution in [0.5, 0.6) is 5.75 Å². The number of hydrogen-bond donors (Lipinski definition) is 1. The molecule has 1 N–H and O–H groups in total. The number of benzene rings is 1. The molecule has 1 heterocycles. The topological polar surface area (TPSA) is 47.0 Å². The lowest BCUT2D eigenvalue weighted by molar-refractivity contribution is 0.415. The van der Waals surface area contributed by atoms with Gasteiger partial charge in [-0.3, -0.25) is 0 Å². The van der Waals surface area contributed by atoms with E-state index in [1.165, 1.54) is 0 Å². The Kier molecular flexibility index (Phi) is 5.30. The van der Waals surface area contributed by atoms with Gasteiger partial charge in [0.15, 0.2) is 0 Å². The zero-order valence-electron chi connectivity index (χ0n) is 11.3. The van der Waals surface area contributed by atoms with Gasteiger partial charge >= 0.3 is 0 Å². The molecule has 0 bridgehead atoms. The molecule has 1 aromatic heterocycles. The molecule has 1 aromatic carbocycles. The molecule has 0 saturated carbocycles. The summed E-state index contributed by atoms with van der Waals surface area (Å²) in [7, 11) is 1.67. The molecule has 2 aromatic rings. The molecule has 19 heavy (non-hydrogen) atoms. The molecule has 2 rings (SSSR count). The van der Waals surface area contributed by atoms with E-state index in [9.17, 15) is 0 Å². The summed E-state index contributed by atoms with van der Waals surface area (Å²) in [6, 6.07) is 7.91. The van der Waals surface area contributed by atoms with Crippen LogP contribution in [0, 0.1) is 0 Å². The van der Waals surface area contributed by atoms with Crippen molar-refractivity contribution >= 4 is 11.3 Å². The zero-order chi connectivity index (χ0) is 13.5. The molecule has 0 aliphatic carbocycles. The molecule has 0 aliphatic rings. The Morgan fingerprint density at radius 3 is 2.63 bits per heavy atom. The Balaban J connectivity index is 1.95. The minimum absolute atomic E-state index is 0.859. The van der Waals surface area contributed by atoms with Crippen molar-refractivity contribution in [2.75, 3.05) is 20.2 Å². The van der Waals surface area contributed by atoms with E-state index in [1.807, 2.05) is 24.3 Å². The van der Waals surface area contributed by atoms with Crippen molar-refractivity contribution in [3.05, 3.63) is 29.3 Å². The molecule has 4 nitrogen and oxygen atoms in total. The molecule has 0 fully saturated rings. The van der Waals surface area contributed by atoms with Gasteiger partial charge in [-0.2, -0.15) is 0 Å². The van der Waals surface area contributed by atoms with Crippen LogP contribution >= 0.6 is 11.3 Å². The first-order valence-corrected chi connectivity index (χ1v) is 7.32. The molecule has 0 amide bonds. The third-order valence-corrected chi connectivity index (χ3v) is 3.78. The average Bonchev–Trinajstić information content (AvgIpc) is 2.92. The minimum atomic E-state index is 0.859. The van der Waals surface area contributed by atoms with Crippen molar-refractivity contribution in [2.24, 2.45) is 0 Å². The molecule has 0 radical (unpaired) electrons. The van der Waals surface area contributed by atoms with Gasteiger partial charge in [0.05, 0.1) is 7.11 Å². The van der Waals surface area contributed by atoms with E-state index in [-0.39, 0.29) is 0 Å². The first-order valence-electron chi connectivity index (χ1n) is 6.51. The summed E-state index contributed by atoms with van der Waals surface area (Å²) in [6.07, 6.45) is 2.10. The fourth-order valence-electron chi connectivity index (χ4n) is 1.70. The maximum Gasteiger partial charge on any atom is 0.147 e. The highest BCUT2D eigenvalue weighted by atomic mass is 32.1. The summed E-state index contributed by atoms with van der Waals surface area (Å²) < 4.78 is 5.15. The SMILES string of the molecule is CCCNCCc1nnc(-c2ccc(OC)cc2)s1. The van der Waals surface area contributed by atoms with Gasteiger partial charge in [0, 0.05) is 18.5 Å². The van der Waals surface area contributed by atoms with Gasteiger partial charge in [0.1, 0.15) is 15.8 Å². The summed E-state index contributed by atoms with van der Waals surface area (Å²) in [5.74, 6) is 0.859. The van der Waals surface area contributed by atoms with Crippen molar-refractivity contribution in [2.45, 2.75) is 19.8 Å². The monoisotopic (exact) mass is 277 g/mol. The average molecular weight is 277 g/mol. The highest BCUT2D eigenvalue weighted by molar-refractivity contribution is 7.14. The lowest BCUT2D eigenvalue weighted by Crippen LogP contribution is -2.17. The van der Waals surface area contributed by atoms with E-state index in [0.717, 1.165) is 47.3 Å². The Morgan fingerprint density at radius 1 is 1.16 bits per heavy atom. The van der Waals surface area contributed by atoms with E-state index >= 15 is 0 Å². The fourth-order valence-corrected chi connectivity index (χ4v) is 2.55. The Labute approximate surface area is 117 Å². The predicted molar refractivity (Wildman–Crippen MR) is 78.8 cm³/mol. The standard InChI is InChI=1S/C14H19N3OS/c1-3-9-15-10-8-13-16-17-14(19-13)11-4-6-12(18-2)7-5-11/h4-7,15H,3,8-10H2,1-2H3. The van der Waals surface area contributed by atoms with Crippen molar-refractivity contribution in [1.82, 2.24) is 15.5 Å². The van der Waals surface area contributed by atoms with Gasteiger partial charge < -0.3 is 10.1 Å². The highest BCUT2D eigenvalue weighted by Gasteiger charge is 2.06. The zero-order valence-corrected chi connectivity index (χ0v) is 12.2. The summed E-state index contributed by atoms with van der Waals surface area (Å²) in [5.41, 5.74) is 1.09. The van der Waals surface area contributed by atoms with Gasteiger partial charge in [-0.15, -0.1) is 10.2 Å². The smallest absolute Gasteiger partial charge is 0.147 e. The van der Waals surface area contributed by atoms with Crippen molar-refractivity contribution in [3.8, 4) is 16.3 Å². The van der Waals surface area contributed by atoms with Gasteiger partial charge in [0.2, 0.25) is 0 Å². The molecular formula is C14H19N3OS. The van der Waals surface area contributed by atoms with Crippen molar-refractivity contribution in [3.63, 3.8) is 0 Å². The molecule has 0 atom stereocenters. The van der Waals surface area contributed by atoms with Gasteiger partial charge in [0.25, 0.3) is 0 Å². The van der Waals surface area contributed by atoms with E-state index < -0.39 is 0 Å². The normalized spacial score (nSPS) is 10.6. The molecular weight excluding hydrogens is 258 g/mol. The first kappa shape index (κ1) is 14.0. The van der Waals surface area contributed by atoms with Gasteiger partial charge in [-0.1, -0.05) is 18.3 Å². The fraction of sp³-hybridized carbons (Fsp3) is 0.429. The van der Waals surface area contributed by atoms with Gasteiger partial charge in [-0.05, 0) is 37.2 Å². The first-order chi connectivity index (χ1) is 9.33. The van der Waals surface area contributed by atoms with Crippen molar-refractivity contribution < 1.29 is 4.74 Å². The third-order valence-electron chi connectivity index (χ3n) is 2.75. The molecule has 0 saturated heterocycles. The largest absolute Gasteiger partial charge is 0.497 e. The second-order valence-corrected chi connectivity index (χ2v) is 5.29. The second kappa shape index (κ2) is 7.21. The Morgan fingerprint density at radius 2 is 1.95 bits per heavy atom. The molecule has 0 aliphatic heterocycles. The molecule has 0 spiro atoms. The number of nitrogens with one attached hydrogen (secondary N) is 1. The van der Waals surface area contributed by atoms with Crippen molar-refractivity contribution in [1.29, 1.82) is 0 Å². The number of aromatic nitrogens is 2. The number of ether oxygens (including phenoxy) is 1. The van der Waals surface area contributed by atoms with E-state index in [2.05, 4.69) is 22.4 Å². The summed E-state index contributed by atoms with van der Waals surface area (Å²) in [6.45, 7) is 4.19. The van der Waals surface area contributed by atoms with Crippen LogP contribution in [0.2, 0.25) is 0 Å². The highest BCUT2D eigenvalue weighted by Crippen LogP contribution is 2.25. The van der Waals surface area contributed by atoms with Crippen LogP contribution in [-0.2, 0) is 6.42 Å². The van der Waals surface area contributed by atoms with E-state index in [4.69, 9.17) is 4.74 Å². The molecule has 102 valence electrons. The predicted octanol–water partition coefficient (Wildman–Crippen LogP) is 2.76. The summed E-state index contributed by atoms with van der Waals surface area (Å²) >= 11 is 1.65. The summed E-state index contributed by atoms with van der Waals surface area (Å²) in [5, 5.41) is 13.9. The van der Waals surface area contributed by atoms with Crippen LogP contribution in [0.25, 0.3) is 10.6 Å². The maximum atomic E-state index is 5.15. The molecule has 5 heteroatoms. The summed E-state index contributed by atoms with van der Waals surface area (Å²) in [4.78, 5) is 0. The van der Waals surface area contributed by atoms with Crippen LogP contribution < -0.4 is 10.1 Å². The maximum absolute atomic E-state index is 5.15. The van der Waals surface area contributed by atoms with Crippen LogP contribution in [0.4, 0.5) is 0 Å². The van der Waals surface area contributed by atoms with E-state index in [0.29, 0.717) is 0 Å². The lowest BCUT2D eigenvalue weighted by Gasteiger charge is -2.00. The molecule has 0 unspecified atom stereocenters. The van der Waals surface area contributed by atoms with Crippen LogP contribution in [0.3, 0.4) is 0 Å². The van der Waals surface area contributed by atoms with Crippen LogP contribution in [0.15, 0.2) is 24.3 Å². The van der Waals surface area contributed by atoms with E-state index in [1.54, 1.807) is 18.4 Å². The second-order valence-electron chi connectivity index (χ2n) is 4.23. The van der Waals surface area contributed by atoms with Crippen LogP contribution in [-0.4, -0.2) is 30.4 Å². The number of nitrogens with zero attached hydrogens (tertiary/aromatic N) is 2. The number of hydrogen-bond acceptors (Lipinski definition) is 5. The lowest BCUT2D eigenvalue weighted by atomic mass is 10.2. The number of methoxy groups -OCH3 is 1. The Hall–Kier alpha value is -1.46. The third kappa shape index (κ3) is 4.01. The Bertz CT molecular complexity index is 496. The number of rotatable bonds is 7. The van der Waals surface area contributed by atoms with Gasteiger partial charge in [-0.25, -0.2) is 0 Å². The minimum Gasteiger partial charge on any atom is -0.497 e. The van der Waals surface area contributed by atoms with Crippen LogP contribution in [0.1, 0.15) is 18.4 Å². The quantitative estimate of drug-likeness (QED) is 0.791.